The second kappa shape index (κ2) is 6.96. The van der Waals surface area contributed by atoms with Crippen LogP contribution in [0.15, 0.2) is 79.1 Å². The number of aromatic hydroxyl groups is 1. The van der Waals surface area contributed by atoms with Gasteiger partial charge in [0.15, 0.2) is 11.9 Å². The molecule has 120 valence electrons. The molecule has 0 radical (unpaired) electrons. The zero-order valence-corrected chi connectivity index (χ0v) is 13.4. The molecule has 4 heteroatoms. The van der Waals surface area contributed by atoms with Gasteiger partial charge < -0.3 is 10.4 Å². The summed E-state index contributed by atoms with van der Waals surface area (Å²) in [6.07, 6.45) is 3.29. The number of anilines is 1. The first-order valence-corrected chi connectivity index (χ1v) is 7.80. The summed E-state index contributed by atoms with van der Waals surface area (Å²) in [4.78, 5) is 12.6. The molecule has 2 aromatic carbocycles. The molecule has 2 N–H and O–H groups in total. The van der Waals surface area contributed by atoms with E-state index in [1.54, 1.807) is 29.8 Å². The van der Waals surface area contributed by atoms with Crippen LogP contribution >= 0.6 is 0 Å². The van der Waals surface area contributed by atoms with Crippen molar-refractivity contribution >= 4 is 11.6 Å². The van der Waals surface area contributed by atoms with E-state index in [1.807, 2.05) is 54.6 Å². The number of aromatic nitrogens is 1. The number of amides is 1. The van der Waals surface area contributed by atoms with Crippen molar-refractivity contribution in [1.82, 2.24) is 0 Å². The third-order valence-electron chi connectivity index (χ3n) is 3.90. The van der Waals surface area contributed by atoms with Gasteiger partial charge in [0.2, 0.25) is 12.2 Å². The molecule has 3 rings (SSSR count). The van der Waals surface area contributed by atoms with Crippen molar-refractivity contribution in [2.75, 3.05) is 5.32 Å². The van der Waals surface area contributed by atoms with Crippen LogP contribution in [0.5, 0.6) is 5.75 Å². The number of carbonyl (C=O) groups excluding carboxylic acids is 1. The lowest BCUT2D eigenvalue weighted by Gasteiger charge is -2.13. The molecule has 1 amide bonds. The van der Waals surface area contributed by atoms with Gasteiger partial charge >= 0.3 is 0 Å². The van der Waals surface area contributed by atoms with Crippen LogP contribution in [-0.2, 0) is 4.79 Å². The summed E-state index contributed by atoms with van der Waals surface area (Å²) in [6, 6.07) is 20.5. The van der Waals surface area contributed by atoms with E-state index in [2.05, 4.69) is 5.32 Å². The quantitative estimate of drug-likeness (QED) is 0.723. The molecule has 0 aliphatic carbocycles. The maximum absolute atomic E-state index is 12.6. The maximum Gasteiger partial charge on any atom is 0.293 e. The Kier molecular flexibility index (Phi) is 4.57. The van der Waals surface area contributed by atoms with Crippen molar-refractivity contribution in [2.24, 2.45) is 0 Å². The number of para-hydroxylation sites is 1. The minimum Gasteiger partial charge on any atom is -0.503 e. The number of carbonyl (C=O) groups is 1. The van der Waals surface area contributed by atoms with Gasteiger partial charge in [0, 0.05) is 24.2 Å². The lowest BCUT2D eigenvalue weighted by molar-refractivity contribution is -0.705. The van der Waals surface area contributed by atoms with Gasteiger partial charge in [0.1, 0.15) is 0 Å². The second-order valence-corrected chi connectivity index (χ2v) is 5.59. The monoisotopic (exact) mass is 319 g/mol. The van der Waals surface area contributed by atoms with Gasteiger partial charge in [-0.05, 0) is 17.7 Å². The molecule has 0 bridgehead atoms. The number of hydrogen-bond acceptors (Lipinski definition) is 2. The third-order valence-corrected chi connectivity index (χ3v) is 3.90. The Hall–Kier alpha value is -3.14. The van der Waals surface area contributed by atoms with E-state index in [9.17, 15) is 9.90 Å². The van der Waals surface area contributed by atoms with E-state index in [1.165, 1.54) is 6.20 Å². The number of rotatable bonds is 4. The van der Waals surface area contributed by atoms with Crippen molar-refractivity contribution in [2.45, 2.75) is 13.0 Å². The number of benzene rings is 2. The zero-order chi connectivity index (χ0) is 16.9. The highest BCUT2D eigenvalue weighted by Gasteiger charge is 2.23. The molecule has 3 aromatic rings. The van der Waals surface area contributed by atoms with Crippen molar-refractivity contribution in [3.8, 4) is 16.9 Å². The Balaban J connectivity index is 1.85. The van der Waals surface area contributed by atoms with E-state index >= 15 is 0 Å². The summed E-state index contributed by atoms with van der Waals surface area (Å²) in [5, 5.41) is 12.6. The predicted octanol–water partition coefficient (Wildman–Crippen LogP) is 3.55. The predicted molar refractivity (Wildman–Crippen MR) is 93.5 cm³/mol. The smallest absolute Gasteiger partial charge is 0.293 e. The van der Waals surface area contributed by atoms with Crippen LogP contribution in [0, 0.1) is 0 Å². The topological polar surface area (TPSA) is 53.2 Å². The highest BCUT2D eigenvalue weighted by atomic mass is 16.3. The standard InChI is InChI=1S/C20H18N2O2/c1-15(22-13-7-10-17(23)14-22)20(24)21-19-12-6-5-11-18(19)16-8-3-2-4-9-16/h2-15H,1H3,(H-,21,23,24)/p+1/t15-/m1/s1. The molecule has 0 spiro atoms. The first-order valence-electron chi connectivity index (χ1n) is 7.80. The van der Waals surface area contributed by atoms with Gasteiger partial charge in [0.25, 0.3) is 5.91 Å². The van der Waals surface area contributed by atoms with Gasteiger partial charge in [-0.15, -0.1) is 0 Å². The number of nitrogens with zero attached hydrogens (tertiary/aromatic N) is 1. The summed E-state index contributed by atoms with van der Waals surface area (Å²) < 4.78 is 1.68. The van der Waals surface area contributed by atoms with Gasteiger partial charge in [0.05, 0.1) is 0 Å². The van der Waals surface area contributed by atoms with Crippen molar-refractivity contribution < 1.29 is 14.5 Å². The highest BCUT2D eigenvalue weighted by molar-refractivity contribution is 5.96. The van der Waals surface area contributed by atoms with E-state index in [0.717, 1.165) is 16.8 Å². The van der Waals surface area contributed by atoms with Crippen LogP contribution in [-0.4, -0.2) is 11.0 Å². The van der Waals surface area contributed by atoms with Gasteiger partial charge in [-0.2, -0.15) is 4.57 Å². The van der Waals surface area contributed by atoms with Crippen molar-refractivity contribution in [3.05, 3.63) is 79.1 Å². The maximum atomic E-state index is 12.6. The minimum absolute atomic E-state index is 0.127. The third kappa shape index (κ3) is 3.43. The molecule has 0 saturated heterocycles. The fourth-order valence-corrected chi connectivity index (χ4v) is 2.55. The molecule has 0 fully saturated rings. The summed E-state index contributed by atoms with van der Waals surface area (Å²) >= 11 is 0. The Morgan fingerprint density at radius 1 is 1.00 bits per heavy atom. The van der Waals surface area contributed by atoms with Crippen LogP contribution in [0.1, 0.15) is 13.0 Å². The van der Waals surface area contributed by atoms with Crippen LogP contribution in [0.3, 0.4) is 0 Å². The Morgan fingerprint density at radius 3 is 2.46 bits per heavy atom. The molecule has 0 aliphatic rings. The molecule has 1 atom stereocenters. The summed E-state index contributed by atoms with van der Waals surface area (Å²) in [5.74, 6) is -0.0178. The average Bonchev–Trinajstić information content (AvgIpc) is 2.62. The van der Waals surface area contributed by atoms with E-state index in [0.29, 0.717) is 0 Å². The highest BCUT2D eigenvalue weighted by Crippen LogP contribution is 2.27. The van der Waals surface area contributed by atoms with Gasteiger partial charge in [-0.1, -0.05) is 48.5 Å². The van der Waals surface area contributed by atoms with Crippen molar-refractivity contribution in [1.29, 1.82) is 0 Å². The molecule has 1 aromatic heterocycles. The van der Waals surface area contributed by atoms with E-state index < -0.39 is 6.04 Å². The molecule has 0 unspecified atom stereocenters. The fourth-order valence-electron chi connectivity index (χ4n) is 2.55. The fraction of sp³-hybridized carbons (Fsp3) is 0.100. The number of nitrogens with one attached hydrogen (secondary N) is 1. The average molecular weight is 319 g/mol. The van der Waals surface area contributed by atoms with Crippen LogP contribution in [0.25, 0.3) is 11.1 Å². The molecule has 0 aliphatic heterocycles. The molecule has 1 heterocycles. The van der Waals surface area contributed by atoms with Crippen LogP contribution in [0.2, 0.25) is 0 Å². The van der Waals surface area contributed by atoms with Gasteiger partial charge in [-0.25, -0.2) is 0 Å². The molecule has 0 saturated carbocycles. The van der Waals surface area contributed by atoms with Crippen LogP contribution < -0.4 is 9.88 Å². The zero-order valence-electron chi connectivity index (χ0n) is 13.4. The molecule has 4 nitrogen and oxygen atoms in total. The van der Waals surface area contributed by atoms with E-state index in [4.69, 9.17) is 0 Å². The lowest BCUT2D eigenvalue weighted by atomic mass is 10.0. The normalized spacial score (nSPS) is 11.7. The number of pyridine rings is 1. The van der Waals surface area contributed by atoms with E-state index in [-0.39, 0.29) is 11.7 Å². The lowest BCUT2D eigenvalue weighted by Crippen LogP contribution is -2.43. The Morgan fingerprint density at radius 2 is 1.71 bits per heavy atom. The summed E-state index contributed by atoms with van der Waals surface area (Å²) in [5.41, 5.74) is 2.78. The van der Waals surface area contributed by atoms with Gasteiger partial charge in [-0.3, -0.25) is 4.79 Å². The molecule has 24 heavy (non-hydrogen) atoms. The number of hydrogen-bond donors (Lipinski definition) is 2. The Labute approximate surface area is 141 Å². The first kappa shape index (κ1) is 15.7. The van der Waals surface area contributed by atoms with Crippen LogP contribution in [0.4, 0.5) is 5.69 Å². The first-order chi connectivity index (χ1) is 11.6. The molecular weight excluding hydrogens is 300 g/mol. The minimum atomic E-state index is -0.444. The van der Waals surface area contributed by atoms with Crippen molar-refractivity contribution in [3.63, 3.8) is 0 Å². The SMILES string of the molecule is C[C@H](C(=O)Nc1ccccc1-c1ccccc1)[n+]1cccc(O)c1. The second-order valence-electron chi connectivity index (χ2n) is 5.59. The molecular formula is C20H19N2O2+. The summed E-state index contributed by atoms with van der Waals surface area (Å²) in [7, 11) is 0. The summed E-state index contributed by atoms with van der Waals surface area (Å²) in [6.45, 7) is 1.79. The Bertz CT molecular complexity index is 847. The largest absolute Gasteiger partial charge is 0.503 e.